The number of amides is 2. The predicted octanol–water partition coefficient (Wildman–Crippen LogP) is 6.45. The van der Waals surface area contributed by atoms with Gasteiger partial charge in [-0.25, -0.2) is 5.01 Å². The number of thioether (sulfide) groups is 1. The molecular weight excluding hydrogens is 661 g/mol. The molecule has 252 valence electrons. The van der Waals surface area contributed by atoms with Crippen LogP contribution in [-0.2, 0) is 11.3 Å². The van der Waals surface area contributed by atoms with Crippen LogP contribution in [0.3, 0.4) is 0 Å². The molecular formula is C36H36N6O5S2. The molecule has 0 saturated heterocycles. The van der Waals surface area contributed by atoms with Gasteiger partial charge in [0.25, 0.3) is 11.8 Å². The third-order valence-electron chi connectivity index (χ3n) is 7.89. The molecule has 13 heteroatoms. The Labute approximate surface area is 292 Å². The topological polar surface area (TPSA) is 120 Å². The molecule has 0 aliphatic carbocycles. The molecule has 0 radical (unpaired) electrons. The maximum absolute atomic E-state index is 13.9. The van der Waals surface area contributed by atoms with Gasteiger partial charge in [-0.2, -0.15) is 5.10 Å². The maximum Gasteiger partial charge on any atom is 0.253 e. The number of carbonyl (C=O) groups is 2. The minimum Gasteiger partial charge on any atom is -0.497 e. The second kappa shape index (κ2) is 15.4. The first kappa shape index (κ1) is 33.7. The number of hydrogen-bond donors (Lipinski definition) is 1. The van der Waals surface area contributed by atoms with E-state index in [0.717, 1.165) is 33.2 Å². The normalized spacial score (nSPS) is 14.0. The zero-order valence-corrected chi connectivity index (χ0v) is 29.2. The molecule has 3 aromatic carbocycles. The molecule has 11 nitrogen and oxygen atoms in total. The number of aromatic nitrogens is 3. The Morgan fingerprint density at radius 1 is 0.959 bits per heavy atom. The van der Waals surface area contributed by atoms with Crippen LogP contribution in [0.5, 0.6) is 17.2 Å². The fourth-order valence-corrected chi connectivity index (χ4v) is 6.94. The monoisotopic (exact) mass is 696 g/mol. The summed E-state index contributed by atoms with van der Waals surface area (Å²) in [7, 11) is 3.06. The highest BCUT2D eigenvalue weighted by Crippen LogP contribution is 2.35. The number of ether oxygens (including phenoxy) is 3. The van der Waals surface area contributed by atoms with Crippen molar-refractivity contribution in [3.05, 3.63) is 112 Å². The lowest BCUT2D eigenvalue weighted by atomic mass is 10.00. The minimum atomic E-state index is -0.335. The zero-order valence-electron chi connectivity index (χ0n) is 27.6. The van der Waals surface area contributed by atoms with Gasteiger partial charge >= 0.3 is 0 Å². The van der Waals surface area contributed by atoms with Crippen LogP contribution in [0.15, 0.2) is 94.5 Å². The first-order valence-corrected chi connectivity index (χ1v) is 17.5. The molecule has 0 unspecified atom stereocenters. The summed E-state index contributed by atoms with van der Waals surface area (Å²) in [5.41, 5.74) is 4.21. The molecule has 0 fully saturated rings. The number of hydrogen-bond acceptors (Lipinski definition) is 10. The molecule has 1 aliphatic heterocycles. The number of benzene rings is 3. The van der Waals surface area contributed by atoms with Crippen LogP contribution in [-0.4, -0.2) is 63.9 Å². The number of rotatable bonds is 13. The number of thiophene rings is 1. The van der Waals surface area contributed by atoms with E-state index in [1.54, 1.807) is 34.5 Å². The summed E-state index contributed by atoms with van der Waals surface area (Å²) in [4.78, 5) is 28.1. The van der Waals surface area contributed by atoms with Gasteiger partial charge in [-0.15, -0.1) is 21.5 Å². The number of hydrazone groups is 1. The van der Waals surface area contributed by atoms with Crippen LogP contribution >= 0.6 is 23.1 Å². The van der Waals surface area contributed by atoms with Gasteiger partial charge in [-0.1, -0.05) is 47.7 Å². The number of nitrogens with one attached hydrogen (secondary N) is 1. The van der Waals surface area contributed by atoms with Crippen LogP contribution < -0.4 is 19.5 Å². The molecule has 6 rings (SSSR count). The van der Waals surface area contributed by atoms with Crippen LogP contribution in [0.1, 0.15) is 51.6 Å². The molecule has 1 N–H and O–H groups in total. The van der Waals surface area contributed by atoms with Crippen molar-refractivity contribution in [1.82, 2.24) is 25.1 Å². The van der Waals surface area contributed by atoms with E-state index in [1.807, 2.05) is 60.2 Å². The van der Waals surface area contributed by atoms with Crippen molar-refractivity contribution in [3.8, 4) is 22.9 Å². The summed E-state index contributed by atoms with van der Waals surface area (Å²) in [6.45, 7) is 4.58. The largest absolute Gasteiger partial charge is 0.497 e. The number of nitrogens with zero attached hydrogens (tertiary/aromatic N) is 5. The lowest BCUT2D eigenvalue weighted by Gasteiger charge is -2.22. The summed E-state index contributed by atoms with van der Waals surface area (Å²) >= 11 is 2.88. The second-order valence-electron chi connectivity index (χ2n) is 11.1. The van der Waals surface area contributed by atoms with Crippen molar-refractivity contribution in [2.45, 2.75) is 38.0 Å². The summed E-state index contributed by atoms with van der Waals surface area (Å²) in [6.07, 6.45) is 0.630. The smallest absolute Gasteiger partial charge is 0.253 e. The lowest BCUT2D eigenvalue weighted by Crippen LogP contribution is -2.28. The van der Waals surface area contributed by atoms with E-state index in [4.69, 9.17) is 19.3 Å². The number of methoxy groups -OCH3 is 2. The van der Waals surface area contributed by atoms with Crippen molar-refractivity contribution >= 4 is 40.6 Å². The molecule has 3 heterocycles. The summed E-state index contributed by atoms with van der Waals surface area (Å²) < 4.78 is 18.1. The van der Waals surface area contributed by atoms with Crippen LogP contribution in [0.4, 0.5) is 0 Å². The van der Waals surface area contributed by atoms with Crippen molar-refractivity contribution in [2.75, 3.05) is 26.6 Å². The molecule has 2 aromatic heterocycles. The third kappa shape index (κ3) is 7.79. The van der Waals surface area contributed by atoms with Crippen molar-refractivity contribution in [1.29, 1.82) is 0 Å². The van der Waals surface area contributed by atoms with Gasteiger partial charge in [-0.05, 0) is 67.3 Å². The first-order valence-electron chi connectivity index (χ1n) is 15.7. The molecule has 0 spiro atoms. The van der Waals surface area contributed by atoms with Gasteiger partial charge in [0.15, 0.2) is 11.0 Å². The number of carbonyl (C=O) groups excluding carboxylic acids is 2. The van der Waals surface area contributed by atoms with Gasteiger partial charge in [-0.3, -0.25) is 14.2 Å². The van der Waals surface area contributed by atoms with Crippen molar-refractivity contribution in [2.24, 2.45) is 5.10 Å². The predicted molar refractivity (Wildman–Crippen MR) is 190 cm³/mol. The number of aryl methyl sites for hydroxylation is 1. The van der Waals surface area contributed by atoms with Gasteiger partial charge in [0, 0.05) is 23.7 Å². The minimum absolute atomic E-state index is 0.0726. The average molecular weight is 697 g/mol. The lowest BCUT2D eigenvalue weighted by molar-refractivity contribution is -0.130. The van der Waals surface area contributed by atoms with E-state index in [-0.39, 0.29) is 30.2 Å². The van der Waals surface area contributed by atoms with E-state index in [9.17, 15) is 9.59 Å². The Hall–Kier alpha value is -5.14. The average Bonchev–Trinajstić information content (AvgIpc) is 3.91. The second-order valence-corrected chi connectivity index (χ2v) is 13.0. The molecule has 1 atom stereocenters. The highest BCUT2D eigenvalue weighted by molar-refractivity contribution is 7.99. The van der Waals surface area contributed by atoms with Gasteiger partial charge in [0.2, 0.25) is 0 Å². The van der Waals surface area contributed by atoms with E-state index >= 15 is 0 Å². The fraction of sp³-hybridized carbons (Fsp3) is 0.250. The van der Waals surface area contributed by atoms with Gasteiger partial charge < -0.3 is 19.5 Å². The summed E-state index contributed by atoms with van der Waals surface area (Å²) in [5, 5.41) is 20.7. The Balaban J connectivity index is 1.24. The fourth-order valence-electron chi connectivity index (χ4n) is 5.40. The summed E-state index contributed by atoms with van der Waals surface area (Å²) in [5.74, 6) is 1.80. The van der Waals surface area contributed by atoms with Crippen molar-refractivity contribution < 1.29 is 23.8 Å². The van der Waals surface area contributed by atoms with Crippen LogP contribution in [0.25, 0.3) is 5.69 Å². The van der Waals surface area contributed by atoms with E-state index in [1.165, 1.54) is 26.0 Å². The van der Waals surface area contributed by atoms with Crippen LogP contribution in [0.2, 0.25) is 0 Å². The van der Waals surface area contributed by atoms with Gasteiger partial charge in [0.1, 0.15) is 17.2 Å². The molecule has 0 bridgehead atoms. The van der Waals surface area contributed by atoms with Crippen molar-refractivity contribution in [3.63, 3.8) is 0 Å². The molecule has 49 heavy (non-hydrogen) atoms. The highest BCUT2D eigenvalue weighted by atomic mass is 32.2. The maximum atomic E-state index is 13.9. The Bertz CT molecular complexity index is 1920. The van der Waals surface area contributed by atoms with Gasteiger partial charge in [0.05, 0.1) is 49.8 Å². The molecule has 1 aliphatic rings. The highest BCUT2D eigenvalue weighted by Gasteiger charge is 2.33. The zero-order chi connectivity index (χ0) is 34.3. The van der Waals surface area contributed by atoms with E-state index < -0.39 is 0 Å². The summed E-state index contributed by atoms with van der Waals surface area (Å²) in [6, 6.07) is 24.5. The SMILES string of the molecule is CCOc1ccc(-n2c(CNC(=O)c3cc(OC)cc(OC)c3)nnc2SCC(=O)N2N=C(c3cccs3)C[C@H]2c2ccc(C)cc2)cc1. The first-order chi connectivity index (χ1) is 23.9. The van der Waals surface area contributed by atoms with E-state index in [2.05, 4.69) is 39.8 Å². The quantitative estimate of drug-likeness (QED) is 0.140. The standard InChI is InChI=1S/C36H36N6O5S2/c1-5-47-27-14-12-26(13-15-27)41-33(21-37-35(44)25-17-28(45-3)19-29(18-25)46-4)38-39-36(41)49-22-34(43)42-31(24-10-8-23(2)9-11-24)20-30(40-42)32-7-6-16-48-32/h6-19,31H,5,20-22H2,1-4H3,(H,37,44)/t31-/m0/s1. The Kier molecular flexibility index (Phi) is 10.6. The third-order valence-corrected chi connectivity index (χ3v) is 9.72. The molecule has 0 saturated carbocycles. The van der Waals surface area contributed by atoms with Crippen LogP contribution in [0, 0.1) is 6.92 Å². The Morgan fingerprint density at radius 2 is 1.69 bits per heavy atom. The molecule has 2 amide bonds. The Morgan fingerprint density at radius 3 is 2.35 bits per heavy atom. The molecule has 5 aromatic rings. The van der Waals surface area contributed by atoms with E-state index in [0.29, 0.717) is 41.1 Å².